The van der Waals surface area contributed by atoms with Crippen molar-refractivity contribution in [2.45, 2.75) is 83.8 Å². The number of nitrogens with one attached hydrogen (secondary N) is 2. The van der Waals surface area contributed by atoms with Crippen LogP contribution in [0.1, 0.15) is 65.7 Å². The molecule has 2 aliphatic rings. The Morgan fingerprint density at radius 2 is 2.00 bits per heavy atom. The lowest BCUT2D eigenvalue weighted by Crippen LogP contribution is -2.46. The Labute approximate surface area is 136 Å². The van der Waals surface area contributed by atoms with Crippen LogP contribution in [0.15, 0.2) is 0 Å². The highest BCUT2D eigenvalue weighted by Crippen LogP contribution is 2.33. The van der Waals surface area contributed by atoms with Gasteiger partial charge in [0, 0.05) is 12.1 Å². The maximum atomic E-state index is 12.4. The molecular formula is C18H35N3O. The van der Waals surface area contributed by atoms with E-state index in [1.807, 2.05) is 0 Å². The maximum absolute atomic E-state index is 12.4. The molecule has 0 spiro atoms. The Morgan fingerprint density at radius 1 is 1.27 bits per heavy atom. The summed E-state index contributed by atoms with van der Waals surface area (Å²) in [6.07, 6.45) is 8.51. The van der Waals surface area contributed by atoms with E-state index < -0.39 is 0 Å². The van der Waals surface area contributed by atoms with Gasteiger partial charge in [-0.3, -0.25) is 4.79 Å². The highest BCUT2D eigenvalue weighted by molar-refractivity contribution is 5.82. The van der Waals surface area contributed by atoms with Crippen molar-refractivity contribution in [2.24, 2.45) is 5.92 Å². The summed E-state index contributed by atoms with van der Waals surface area (Å²) in [5, 5.41) is 6.79. The first kappa shape index (κ1) is 17.7. The number of fused-ring (bicyclic) bond motifs is 1. The molecule has 2 N–H and O–H groups in total. The summed E-state index contributed by atoms with van der Waals surface area (Å²) in [6, 6.07) is 0.938. The molecule has 128 valence electrons. The van der Waals surface area contributed by atoms with E-state index in [1.54, 1.807) is 0 Å². The van der Waals surface area contributed by atoms with Crippen molar-refractivity contribution in [3.8, 4) is 0 Å². The first-order valence-corrected chi connectivity index (χ1v) is 9.42. The minimum absolute atomic E-state index is 0.0540. The van der Waals surface area contributed by atoms with Gasteiger partial charge in [-0.25, -0.2) is 0 Å². The first-order valence-electron chi connectivity index (χ1n) is 9.42. The zero-order valence-corrected chi connectivity index (χ0v) is 14.7. The molecule has 2 fully saturated rings. The fourth-order valence-electron chi connectivity index (χ4n) is 4.10. The molecule has 1 saturated heterocycles. The molecule has 4 atom stereocenters. The molecule has 4 heteroatoms. The second kappa shape index (κ2) is 8.88. The smallest absolute Gasteiger partial charge is 0.237 e. The third-order valence-electron chi connectivity index (χ3n) is 5.57. The monoisotopic (exact) mass is 309 g/mol. The largest absolute Gasteiger partial charge is 0.352 e. The zero-order chi connectivity index (χ0) is 15.9. The van der Waals surface area contributed by atoms with Crippen LogP contribution >= 0.6 is 0 Å². The predicted molar refractivity (Wildman–Crippen MR) is 91.9 cm³/mol. The molecule has 1 heterocycles. The number of carbonyl (C=O) groups excluding carboxylic acids is 1. The molecule has 0 aromatic rings. The lowest BCUT2D eigenvalue weighted by Gasteiger charge is -2.24. The molecule has 1 amide bonds. The van der Waals surface area contributed by atoms with Crippen molar-refractivity contribution in [2.75, 3.05) is 19.6 Å². The maximum Gasteiger partial charge on any atom is 0.237 e. The molecule has 0 aromatic heterocycles. The fraction of sp³-hybridized carbons (Fsp3) is 0.944. The molecule has 22 heavy (non-hydrogen) atoms. The Balaban J connectivity index is 1.66. The summed E-state index contributed by atoms with van der Waals surface area (Å²) in [6.45, 7) is 9.93. The summed E-state index contributed by atoms with van der Waals surface area (Å²) < 4.78 is 0. The molecule has 4 nitrogen and oxygen atoms in total. The van der Waals surface area contributed by atoms with Crippen LogP contribution in [0.4, 0.5) is 0 Å². The third kappa shape index (κ3) is 4.95. The normalized spacial score (nSPS) is 29.4. The lowest BCUT2D eigenvalue weighted by molar-refractivity contribution is -0.123. The lowest BCUT2D eigenvalue weighted by atomic mass is 9.85. The molecular weight excluding hydrogens is 274 g/mol. The van der Waals surface area contributed by atoms with Crippen molar-refractivity contribution in [1.29, 1.82) is 0 Å². The Hall–Kier alpha value is -0.610. The van der Waals surface area contributed by atoms with Gasteiger partial charge in [-0.05, 0) is 64.6 Å². The number of hydrogen-bond acceptors (Lipinski definition) is 3. The Bertz CT molecular complexity index is 329. The van der Waals surface area contributed by atoms with Crippen molar-refractivity contribution in [1.82, 2.24) is 15.5 Å². The van der Waals surface area contributed by atoms with Crippen LogP contribution in [-0.2, 0) is 4.79 Å². The van der Waals surface area contributed by atoms with E-state index in [0.29, 0.717) is 6.04 Å². The van der Waals surface area contributed by atoms with Crippen molar-refractivity contribution in [3.05, 3.63) is 0 Å². The van der Waals surface area contributed by atoms with Gasteiger partial charge in [-0.1, -0.05) is 26.7 Å². The fourth-order valence-corrected chi connectivity index (χ4v) is 4.10. The number of nitrogens with zero attached hydrogens (tertiary/aromatic N) is 1. The van der Waals surface area contributed by atoms with Crippen LogP contribution in [0.2, 0.25) is 0 Å². The molecule has 1 aliphatic carbocycles. The predicted octanol–water partition coefficient (Wildman–Crippen LogP) is 2.53. The van der Waals surface area contributed by atoms with Gasteiger partial charge in [-0.15, -0.1) is 0 Å². The highest BCUT2D eigenvalue weighted by atomic mass is 16.2. The van der Waals surface area contributed by atoms with E-state index in [4.69, 9.17) is 0 Å². The van der Waals surface area contributed by atoms with Crippen molar-refractivity contribution >= 4 is 5.91 Å². The third-order valence-corrected chi connectivity index (χ3v) is 5.57. The van der Waals surface area contributed by atoms with E-state index in [9.17, 15) is 4.79 Å². The number of carbonyl (C=O) groups is 1. The second-order valence-corrected chi connectivity index (χ2v) is 7.18. The van der Waals surface area contributed by atoms with Gasteiger partial charge in [0.05, 0.1) is 6.04 Å². The van der Waals surface area contributed by atoms with Crippen molar-refractivity contribution < 1.29 is 4.79 Å². The Kier molecular flexibility index (Phi) is 7.16. The van der Waals surface area contributed by atoms with Gasteiger partial charge in [0.2, 0.25) is 5.91 Å². The van der Waals surface area contributed by atoms with Gasteiger partial charge >= 0.3 is 0 Å². The minimum atomic E-state index is 0.0540. The van der Waals surface area contributed by atoms with Gasteiger partial charge in [0.1, 0.15) is 0 Å². The number of rotatable bonds is 8. The molecule has 2 rings (SSSR count). The highest BCUT2D eigenvalue weighted by Gasteiger charge is 2.38. The number of hydrogen-bond donors (Lipinski definition) is 2. The average molecular weight is 309 g/mol. The van der Waals surface area contributed by atoms with Crippen molar-refractivity contribution in [3.63, 3.8) is 0 Å². The van der Waals surface area contributed by atoms with Crippen LogP contribution in [0, 0.1) is 5.92 Å². The first-order chi connectivity index (χ1) is 10.6. The SMILES string of the molecule is CCN(CC)CCCC(C)NC(=O)C1CC2CCCCC2N1. The van der Waals surface area contributed by atoms with Crippen LogP contribution in [0.5, 0.6) is 0 Å². The molecule has 0 radical (unpaired) electrons. The van der Waals surface area contributed by atoms with Gasteiger partial charge in [0.15, 0.2) is 0 Å². The van der Waals surface area contributed by atoms with Gasteiger partial charge in [0.25, 0.3) is 0 Å². The van der Waals surface area contributed by atoms with E-state index >= 15 is 0 Å². The molecule has 0 aromatic carbocycles. The molecule has 1 aliphatic heterocycles. The second-order valence-electron chi connectivity index (χ2n) is 7.18. The quantitative estimate of drug-likeness (QED) is 0.724. The zero-order valence-electron chi connectivity index (χ0n) is 14.7. The number of amides is 1. The summed E-state index contributed by atoms with van der Waals surface area (Å²) in [7, 11) is 0. The van der Waals surface area contributed by atoms with Crippen LogP contribution < -0.4 is 10.6 Å². The van der Waals surface area contributed by atoms with Crippen LogP contribution in [0.25, 0.3) is 0 Å². The Morgan fingerprint density at radius 3 is 2.68 bits per heavy atom. The molecule has 0 bridgehead atoms. The van der Waals surface area contributed by atoms with Gasteiger partial charge in [-0.2, -0.15) is 0 Å². The average Bonchev–Trinajstić information content (AvgIpc) is 2.95. The van der Waals surface area contributed by atoms with E-state index in [2.05, 4.69) is 36.3 Å². The molecule has 4 unspecified atom stereocenters. The van der Waals surface area contributed by atoms with E-state index in [1.165, 1.54) is 25.7 Å². The van der Waals surface area contributed by atoms with Crippen LogP contribution in [-0.4, -0.2) is 48.6 Å². The van der Waals surface area contributed by atoms with E-state index in [0.717, 1.165) is 44.8 Å². The summed E-state index contributed by atoms with van der Waals surface area (Å²) in [5.74, 6) is 0.965. The topological polar surface area (TPSA) is 44.4 Å². The standard InChI is InChI=1S/C18H35N3O/c1-4-21(5-2)12-8-9-14(3)19-18(22)17-13-15-10-6-7-11-16(15)20-17/h14-17,20H,4-13H2,1-3H3,(H,19,22). The minimum Gasteiger partial charge on any atom is -0.352 e. The summed E-state index contributed by atoms with van der Waals surface area (Å²) in [4.78, 5) is 14.9. The van der Waals surface area contributed by atoms with Gasteiger partial charge < -0.3 is 15.5 Å². The van der Waals surface area contributed by atoms with Crippen LogP contribution in [0.3, 0.4) is 0 Å². The van der Waals surface area contributed by atoms with E-state index in [-0.39, 0.29) is 18.0 Å². The molecule has 1 saturated carbocycles. The summed E-state index contributed by atoms with van der Waals surface area (Å²) in [5.41, 5.74) is 0. The summed E-state index contributed by atoms with van der Waals surface area (Å²) >= 11 is 0.